The molecule has 0 aliphatic heterocycles. The SMILES string of the molecule is CC(=O)c1c(O)[nH]c2cc3nc(-c4ncc[nH]4)[nH]c3cc12. The van der Waals surface area contributed by atoms with Crippen LogP contribution in [0.25, 0.3) is 33.6 Å². The fourth-order valence-electron chi connectivity index (χ4n) is 2.55. The quantitative estimate of drug-likeness (QED) is 0.422. The van der Waals surface area contributed by atoms with Gasteiger partial charge in [-0.1, -0.05) is 0 Å². The zero-order chi connectivity index (χ0) is 14.6. The highest BCUT2D eigenvalue weighted by Crippen LogP contribution is 2.31. The number of H-pyrrole nitrogens is 3. The van der Waals surface area contributed by atoms with Crippen molar-refractivity contribution in [2.75, 3.05) is 0 Å². The Labute approximate surface area is 118 Å². The molecule has 0 bridgehead atoms. The number of rotatable bonds is 2. The predicted octanol–water partition coefficient (Wildman–Crippen LogP) is 2.34. The molecule has 4 N–H and O–H groups in total. The number of nitrogens with zero attached hydrogens (tertiary/aromatic N) is 2. The maximum Gasteiger partial charge on any atom is 0.200 e. The number of aromatic nitrogens is 5. The van der Waals surface area contributed by atoms with E-state index >= 15 is 0 Å². The van der Waals surface area contributed by atoms with Crippen LogP contribution in [0.3, 0.4) is 0 Å². The lowest BCUT2D eigenvalue weighted by Crippen LogP contribution is -1.89. The lowest BCUT2D eigenvalue weighted by molar-refractivity contribution is 0.101. The van der Waals surface area contributed by atoms with Gasteiger partial charge in [-0.15, -0.1) is 0 Å². The van der Waals surface area contributed by atoms with Gasteiger partial charge >= 0.3 is 0 Å². The van der Waals surface area contributed by atoms with E-state index in [9.17, 15) is 9.90 Å². The molecular weight excluding hydrogens is 270 g/mol. The molecule has 3 heterocycles. The monoisotopic (exact) mass is 281 g/mol. The van der Waals surface area contributed by atoms with Gasteiger partial charge in [0.1, 0.15) is 0 Å². The lowest BCUT2D eigenvalue weighted by atomic mass is 10.1. The van der Waals surface area contributed by atoms with Gasteiger partial charge in [-0.2, -0.15) is 0 Å². The van der Waals surface area contributed by atoms with Crippen molar-refractivity contribution in [1.82, 2.24) is 24.9 Å². The van der Waals surface area contributed by atoms with Crippen molar-refractivity contribution in [1.29, 1.82) is 0 Å². The molecule has 4 aromatic rings. The average Bonchev–Trinajstić information content (AvgIpc) is 3.11. The maximum atomic E-state index is 11.6. The van der Waals surface area contributed by atoms with E-state index in [1.54, 1.807) is 24.5 Å². The number of benzene rings is 1. The second-order valence-corrected chi connectivity index (χ2v) is 4.84. The summed E-state index contributed by atoms with van der Waals surface area (Å²) in [6, 6.07) is 3.59. The number of hydrogen-bond donors (Lipinski definition) is 4. The standard InChI is InChI=1S/C14H11N5O2/c1-6(20)11-7-4-9-10(5-8(7)19-14(11)21)18-13(17-9)12-15-2-3-16-12/h2-5,19,21H,1H3,(H,15,16)(H,17,18). The summed E-state index contributed by atoms with van der Waals surface area (Å²) in [7, 11) is 0. The summed E-state index contributed by atoms with van der Waals surface area (Å²) in [4.78, 5) is 29.2. The number of fused-ring (bicyclic) bond motifs is 2. The molecule has 0 saturated heterocycles. The molecule has 0 amide bonds. The van der Waals surface area contributed by atoms with Crippen LogP contribution in [0, 0.1) is 0 Å². The van der Waals surface area contributed by atoms with Gasteiger partial charge in [-0.3, -0.25) is 4.79 Å². The average molecular weight is 281 g/mol. The van der Waals surface area contributed by atoms with E-state index < -0.39 is 0 Å². The molecule has 0 aliphatic carbocycles. The summed E-state index contributed by atoms with van der Waals surface area (Å²) in [6.45, 7) is 1.42. The van der Waals surface area contributed by atoms with Crippen LogP contribution in [0.4, 0.5) is 0 Å². The second-order valence-electron chi connectivity index (χ2n) is 4.84. The number of ketones is 1. The minimum Gasteiger partial charge on any atom is -0.494 e. The van der Waals surface area contributed by atoms with Gasteiger partial charge in [0.05, 0.1) is 22.1 Å². The Morgan fingerprint density at radius 1 is 1.19 bits per heavy atom. The number of aromatic amines is 3. The van der Waals surface area contributed by atoms with Crippen molar-refractivity contribution in [2.24, 2.45) is 0 Å². The Morgan fingerprint density at radius 3 is 2.76 bits per heavy atom. The van der Waals surface area contributed by atoms with Crippen molar-refractivity contribution in [3.05, 3.63) is 30.1 Å². The Morgan fingerprint density at radius 2 is 2.05 bits per heavy atom. The highest BCUT2D eigenvalue weighted by molar-refractivity contribution is 6.11. The fraction of sp³-hybridized carbons (Fsp3) is 0.0714. The van der Waals surface area contributed by atoms with E-state index in [2.05, 4.69) is 24.9 Å². The van der Waals surface area contributed by atoms with E-state index in [0.29, 0.717) is 28.1 Å². The van der Waals surface area contributed by atoms with Crippen molar-refractivity contribution in [2.45, 2.75) is 6.92 Å². The summed E-state index contributed by atoms with van der Waals surface area (Å²) in [6.07, 6.45) is 3.37. The molecule has 0 aliphatic rings. The normalized spacial score (nSPS) is 11.5. The van der Waals surface area contributed by atoms with Gasteiger partial charge in [0, 0.05) is 17.8 Å². The van der Waals surface area contributed by atoms with Crippen LogP contribution in [-0.2, 0) is 0 Å². The van der Waals surface area contributed by atoms with Crippen LogP contribution in [0.5, 0.6) is 5.88 Å². The molecule has 1 aromatic carbocycles. The molecule has 104 valence electrons. The van der Waals surface area contributed by atoms with Crippen molar-refractivity contribution < 1.29 is 9.90 Å². The smallest absolute Gasteiger partial charge is 0.200 e. The van der Waals surface area contributed by atoms with E-state index in [1.165, 1.54) is 6.92 Å². The molecule has 0 radical (unpaired) electrons. The minimum atomic E-state index is -0.191. The number of nitrogens with one attached hydrogen (secondary N) is 3. The molecule has 0 saturated carbocycles. The third kappa shape index (κ3) is 1.64. The van der Waals surface area contributed by atoms with E-state index in [0.717, 1.165) is 11.0 Å². The molecule has 7 nitrogen and oxygen atoms in total. The lowest BCUT2D eigenvalue weighted by Gasteiger charge is -1.94. The molecule has 0 atom stereocenters. The summed E-state index contributed by atoms with van der Waals surface area (Å²) in [5, 5.41) is 10.5. The van der Waals surface area contributed by atoms with Crippen LogP contribution in [0.1, 0.15) is 17.3 Å². The maximum absolute atomic E-state index is 11.6. The van der Waals surface area contributed by atoms with Crippen molar-refractivity contribution >= 4 is 27.7 Å². The van der Waals surface area contributed by atoms with Crippen LogP contribution in [-0.4, -0.2) is 35.8 Å². The third-order valence-corrected chi connectivity index (χ3v) is 3.45. The zero-order valence-corrected chi connectivity index (χ0v) is 11.1. The first-order valence-corrected chi connectivity index (χ1v) is 6.38. The number of imidazole rings is 2. The minimum absolute atomic E-state index is 0.114. The first-order chi connectivity index (χ1) is 10.1. The van der Waals surface area contributed by atoms with Crippen LogP contribution in [0.15, 0.2) is 24.5 Å². The van der Waals surface area contributed by atoms with Crippen LogP contribution in [0.2, 0.25) is 0 Å². The molecule has 4 rings (SSSR count). The van der Waals surface area contributed by atoms with E-state index in [-0.39, 0.29) is 11.7 Å². The van der Waals surface area contributed by atoms with Gasteiger partial charge in [0.15, 0.2) is 17.4 Å². The predicted molar refractivity (Wildman–Crippen MR) is 77.2 cm³/mol. The van der Waals surface area contributed by atoms with E-state index in [1.807, 2.05) is 0 Å². The molecular formula is C14H11N5O2. The second kappa shape index (κ2) is 3.95. The molecule has 0 fully saturated rings. The Hall–Kier alpha value is -3.09. The largest absolute Gasteiger partial charge is 0.494 e. The third-order valence-electron chi connectivity index (χ3n) is 3.45. The van der Waals surface area contributed by atoms with Gasteiger partial charge < -0.3 is 20.1 Å². The molecule has 0 spiro atoms. The molecule has 21 heavy (non-hydrogen) atoms. The number of Topliss-reactive ketones (excluding diaryl/α,β-unsaturated/α-hetero) is 1. The first-order valence-electron chi connectivity index (χ1n) is 6.38. The van der Waals surface area contributed by atoms with Gasteiger partial charge in [0.2, 0.25) is 5.88 Å². The Balaban J connectivity index is 2.01. The number of aromatic hydroxyl groups is 1. The van der Waals surface area contributed by atoms with Crippen LogP contribution < -0.4 is 0 Å². The summed E-state index contributed by atoms with van der Waals surface area (Å²) in [5.41, 5.74) is 2.46. The van der Waals surface area contributed by atoms with Crippen LogP contribution >= 0.6 is 0 Å². The summed E-state index contributed by atoms with van der Waals surface area (Å²) < 4.78 is 0. The Kier molecular flexibility index (Phi) is 2.20. The highest BCUT2D eigenvalue weighted by Gasteiger charge is 2.17. The van der Waals surface area contributed by atoms with Gasteiger partial charge in [0.25, 0.3) is 0 Å². The molecule has 7 heteroatoms. The van der Waals surface area contributed by atoms with Crippen molar-refractivity contribution in [3.8, 4) is 17.5 Å². The van der Waals surface area contributed by atoms with Gasteiger partial charge in [-0.05, 0) is 19.1 Å². The number of carbonyl (C=O) groups excluding carboxylic acids is 1. The highest BCUT2D eigenvalue weighted by atomic mass is 16.3. The zero-order valence-electron chi connectivity index (χ0n) is 11.1. The fourth-order valence-corrected chi connectivity index (χ4v) is 2.55. The summed E-state index contributed by atoms with van der Waals surface area (Å²) >= 11 is 0. The number of hydrogen-bond acceptors (Lipinski definition) is 4. The topological polar surface area (TPSA) is 110 Å². The number of carbonyl (C=O) groups is 1. The summed E-state index contributed by atoms with van der Waals surface area (Å²) in [5.74, 6) is 0.959. The van der Waals surface area contributed by atoms with Crippen molar-refractivity contribution in [3.63, 3.8) is 0 Å². The molecule has 3 aromatic heterocycles. The van der Waals surface area contributed by atoms with E-state index in [4.69, 9.17) is 0 Å². The van der Waals surface area contributed by atoms with Gasteiger partial charge in [-0.25, -0.2) is 9.97 Å². The Bertz CT molecular complexity index is 978. The first kappa shape index (κ1) is 11.7. The molecule has 0 unspecified atom stereocenters.